The summed E-state index contributed by atoms with van der Waals surface area (Å²) in [6.07, 6.45) is 2.34. The molecule has 0 aliphatic carbocycles. The summed E-state index contributed by atoms with van der Waals surface area (Å²) in [7, 11) is 0. The second-order valence-electron chi connectivity index (χ2n) is 8.13. The fourth-order valence-electron chi connectivity index (χ4n) is 3.58. The van der Waals surface area contributed by atoms with Gasteiger partial charge in [-0.3, -0.25) is 10.2 Å². The summed E-state index contributed by atoms with van der Waals surface area (Å²) in [6.45, 7) is 7.98. The number of fused-ring (bicyclic) bond motifs is 1. The van der Waals surface area contributed by atoms with Crippen LogP contribution in [0.5, 0.6) is 17.2 Å². The second-order valence-corrected chi connectivity index (χ2v) is 9.17. The van der Waals surface area contributed by atoms with Crippen molar-refractivity contribution in [2.75, 3.05) is 33.0 Å². The number of thioether (sulfide) groups is 1. The maximum Gasteiger partial charge on any atom is 0.283 e. The van der Waals surface area contributed by atoms with E-state index in [-0.39, 0.29) is 11.4 Å². The van der Waals surface area contributed by atoms with Crippen LogP contribution < -0.4 is 14.2 Å². The van der Waals surface area contributed by atoms with Crippen LogP contribution in [0.4, 0.5) is 0 Å². The predicted octanol–water partition coefficient (Wildman–Crippen LogP) is 4.90. The number of rotatable bonds is 12. The molecule has 10 heteroatoms. The topological polar surface area (TPSA) is 106 Å². The van der Waals surface area contributed by atoms with Crippen LogP contribution >= 0.6 is 11.8 Å². The van der Waals surface area contributed by atoms with Gasteiger partial charge in [-0.15, -0.1) is 0 Å². The fourth-order valence-corrected chi connectivity index (χ4v) is 4.40. The number of benzene rings is 2. The zero-order chi connectivity index (χ0) is 26.2. The van der Waals surface area contributed by atoms with Crippen molar-refractivity contribution >= 4 is 39.8 Å². The van der Waals surface area contributed by atoms with Crippen molar-refractivity contribution in [3.05, 3.63) is 59.2 Å². The predicted molar refractivity (Wildman–Crippen MR) is 146 cm³/mol. The molecule has 194 valence electrons. The minimum atomic E-state index is -0.460. The van der Waals surface area contributed by atoms with Gasteiger partial charge < -0.3 is 18.9 Å². The van der Waals surface area contributed by atoms with E-state index in [9.17, 15) is 4.79 Å². The number of carbonyl (C=O) groups is 1. The summed E-state index contributed by atoms with van der Waals surface area (Å²) in [4.78, 5) is 16.7. The van der Waals surface area contributed by atoms with Crippen molar-refractivity contribution in [2.45, 2.75) is 27.2 Å². The molecule has 0 saturated heterocycles. The summed E-state index contributed by atoms with van der Waals surface area (Å²) >= 11 is 1.32. The lowest BCUT2D eigenvalue weighted by Gasteiger charge is -2.20. The molecule has 2 aromatic carbocycles. The number of amidine groups is 2. The van der Waals surface area contributed by atoms with Crippen LogP contribution in [0, 0.1) is 12.3 Å². The monoisotopic (exact) mass is 522 g/mol. The lowest BCUT2D eigenvalue weighted by atomic mass is 10.1. The van der Waals surface area contributed by atoms with Crippen LogP contribution in [0.2, 0.25) is 0 Å². The first-order valence-corrected chi connectivity index (χ1v) is 13.0. The Kier molecular flexibility index (Phi) is 8.97. The molecule has 4 rings (SSSR count). The van der Waals surface area contributed by atoms with Crippen LogP contribution in [0.3, 0.4) is 0 Å². The molecule has 0 bridgehead atoms. The maximum absolute atomic E-state index is 12.6. The average Bonchev–Trinajstić information content (AvgIpc) is 3.30. The zero-order valence-electron chi connectivity index (χ0n) is 21.2. The van der Waals surface area contributed by atoms with Crippen LogP contribution in [-0.2, 0) is 9.53 Å². The van der Waals surface area contributed by atoms with Gasteiger partial charge >= 0.3 is 0 Å². The number of aliphatic imine (C=N–C) groups is 1. The van der Waals surface area contributed by atoms with Crippen molar-refractivity contribution in [3.8, 4) is 17.2 Å². The van der Waals surface area contributed by atoms with E-state index >= 15 is 0 Å². The van der Waals surface area contributed by atoms with E-state index < -0.39 is 5.91 Å². The van der Waals surface area contributed by atoms with Crippen molar-refractivity contribution in [2.24, 2.45) is 10.1 Å². The molecule has 0 aromatic heterocycles. The highest BCUT2D eigenvalue weighted by atomic mass is 32.2. The number of hydrazone groups is 1. The van der Waals surface area contributed by atoms with E-state index in [0.29, 0.717) is 61.7 Å². The number of amides is 1. The largest absolute Gasteiger partial charge is 0.491 e. The molecule has 2 aromatic rings. The molecule has 0 saturated carbocycles. The van der Waals surface area contributed by atoms with Crippen LogP contribution in [0.1, 0.15) is 31.4 Å². The zero-order valence-corrected chi connectivity index (χ0v) is 22.0. The van der Waals surface area contributed by atoms with Gasteiger partial charge in [0.25, 0.3) is 5.91 Å². The Morgan fingerprint density at radius 2 is 1.81 bits per heavy atom. The third-order valence-electron chi connectivity index (χ3n) is 5.35. The fraction of sp³-hybridized carbons (Fsp3) is 0.333. The molecule has 0 atom stereocenters. The summed E-state index contributed by atoms with van der Waals surface area (Å²) in [6, 6.07) is 13.3. The molecule has 2 heterocycles. The van der Waals surface area contributed by atoms with Gasteiger partial charge in [0, 0.05) is 0 Å². The molecule has 9 nitrogen and oxygen atoms in total. The number of nitrogens with zero attached hydrogens (tertiary/aromatic N) is 3. The average molecular weight is 523 g/mol. The van der Waals surface area contributed by atoms with Gasteiger partial charge in [-0.25, -0.2) is 0 Å². The van der Waals surface area contributed by atoms with Gasteiger partial charge in [0.2, 0.25) is 5.17 Å². The minimum absolute atomic E-state index is 0.00719. The van der Waals surface area contributed by atoms with Crippen molar-refractivity contribution < 1.29 is 23.7 Å². The van der Waals surface area contributed by atoms with E-state index in [1.807, 2.05) is 45.0 Å². The number of aryl methyl sites for hydroxylation is 1. The van der Waals surface area contributed by atoms with E-state index in [4.69, 9.17) is 24.4 Å². The van der Waals surface area contributed by atoms with E-state index in [2.05, 4.69) is 10.1 Å². The first-order valence-electron chi connectivity index (χ1n) is 12.1. The third-order valence-corrected chi connectivity index (χ3v) is 6.40. The highest BCUT2D eigenvalue weighted by Crippen LogP contribution is 2.32. The maximum atomic E-state index is 12.6. The summed E-state index contributed by atoms with van der Waals surface area (Å²) < 4.78 is 22.9. The van der Waals surface area contributed by atoms with Crippen molar-refractivity contribution in [3.63, 3.8) is 0 Å². The molecule has 1 N–H and O–H groups in total. The first-order chi connectivity index (χ1) is 18.0. The Bertz CT molecular complexity index is 1260. The van der Waals surface area contributed by atoms with Crippen LogP contribution in [0.25, 0.3) is 6.08 Å². The molecule has 1 amide bonds. The quantitative estimate of drug-likeness (QED) is 0.312. The molecule has 37 heavy (non-hydrogen) atoms. The van der Waals surface area contributed by atoms with Crippen LogP contribution in [-0.4, -0.2) is 60.0 Å². The Balaban J connectivity index is 1.32. The molecular formula is C27H30N4O5S. The number of nitrogens with one attached hydrogen (secondary N) is 1. The summed E-state index contributed by atoms with van der Waals surface area (Å²) in [5.74, 6) is 1.49. The van der Waals surface area contributed by atoms with E-state index in [1.54, 1.807) is 24.3 Å². The Hall–Kier alpha value is -3.63. The molecule has 0 fully saturated rings. The number of hydrogen-bond acceptors (Lipinski definition) is 8. The highest BCUT2D eigenvalue weighted by molar-refractivity contribution is 8.26. The molecule has 0 spiro atoms. The molecule has 2 aliphatic rings. The van der Waals surface area contributed by atoms with Gasteiger partial charge in [-0.2, -0.15) is 15.1 Å². The Morgan fingerprint density at radius 3 is 2.57 bits per heavy atom. The van der Waals surface area contributed by atoms with Crippen molar-refractivity contribution in [1.29, 1.82) is 5.41 Å². The Labute approximate surface area is 220 Å². The molecular weight excluding hydrogens is 492 g/mol. The van der Waals surface area contributed by atoms with Gasteiger partial charge in [-0.05, 0) is 73.5 Å². The van der Waals surface area contributed by atoms with Gasteiger partial charge in [0.15, 0.2) is 17.3 Å². The van der Waals surface area contributed by atoms with Crippen LogP contribution in [0.15, 0.2) is 58.1 Å². The van der Waals surface area contributed by atoms with E-state index in [1.165, 1.54) is 16.8 Å². The lowest BCUT2D eigenvalue weighted by Crippen LogP contribution is -2.35. The highest BCUT2D eigenvalue weighted by Gasteiger charge is 2.35. The Morgan fingerprint density at radius 1 is 1.00 bits per heavy atom. The number of hydrogen-bond donors (Lipinski definition) is 1. The van der Waals surface area contributed by atoms with Crippen molar-refractivity contribution in [1.82, 2.24) is 5.01 Å². The number of carbonyl (C=O) groups excluding carboxylic acids is 1. The molecule has 0 radical (unpaired) electrons. The van der Waals surface area contributed by atoms with E-state index in [0.717, 1.165) is 16.4 Å². The molecule has 2 aliphatic heterocycles. The van der Waals surface area contributed by atoms with Gasteiger partial charge in [0.1, 0.15) is 24.0 Å². The van der Waals surface area contributed by atoms with Gasteiger partial charge in [-0.1, -0.05) is 25.1 Å². The summed E-state index contributed by atoms with van der Waals surface area (Å²) in [5.41, 5.74) is 2.01. The summed E-state index contributed by atoms with van der Waals surface area (Å²) in [5, 5.41) is 15.5. The SMILES string of the molecule is CCOc1cc(/C=C2/C(=N)N3N=C(CC)SC3=NC2=O)ccc1OCCOCCOc1cccc(C)c1. The number of ether oxygens (including phenoxy) is 4. The lowest BCUT2D eigenvalue weighted by molar-refractivity contribution is -0.114. The minimum Gasteiger partial charge on any atom is -0.491 e. The normalized spacial score (nSPS) is 16.0. The standard InChI is InChI=1S/C27H30N4O5S/c1-4-24-30-31-25(28)21(26(32)29-27(31)37-24)16-19-9-10-22(23(17-19)34-5-2)36-14-12-33-11-13-35-20-8-6-7-18(3)15-20/h6-10,15-17,28H,4-5,11-14H2,1-3H3/b21-16-,28-25?. The smallest absolute Gasteiger partial charge is 0.283 e. The second kappa shape index (κ2) is 12.6. The molecule has 0 unspecified atom stereocenters. The first kappa shape index (κ1) is 26.4. The van der Waals surface area contributed by atoms with Gasteiger partial charge in [0.05, 0.1) is 25.4 Å². The third kappa shape index (κ3) is 6.78.